The van der Waals surface area contributed by atoms with Gasteiger partial charge in [-0.2, -0.15) is 0 Å². The van der Waals surface area contributed by atoms with Gasteiger partial charge in [0.15, 0.2) is 0 Å². The number of carbonyl (C=O) groups excluding carboxylic acids is 1. The van der Waals surface area contributed by atoms with Crippen LogP contribution in [0.2, 0.25) is 0 Å². The van der Waals surface area contributed by atoms with Crippen LogP contribution in [0.15, 0.2) is 18.3 Å². The molecule has 3 aliphatic heterocycles. The average Bonchev–Trinajstić information content (AvgIpc) is 3.23. The van der Waals surface area contributed by atoms with Crippen molar-refractivity contribution in [1.82, 2.24) is 30.0 Å². The van der Waals surface area contributed by atoms with Crippen molar-refractivity contribution in [3.8, 4) is 0 Å². The molecule has 1 amide bonds. The van der Waals surface area contributed by atoms with E-state index in [1.807, 2.05) is 17.0 Å². The smallest absolute Gasteiger partial charge is 0.257 e. The van der Waals surface area contributed by atoms with E-state index < -0.39 is 0 Å². The lowest BCUT2D eigenvalue weighted by Crippen LogP contribution is -2.40. The Morgan fingerprint density at radius 1 is 1.03 bits per heavy atom. The molecule has 154 valence electrons. The van der Waals surface area contributed by atoms with Crippen LogP contribution < -0.4 is 10.2 Å². The molecular weight excluding hydrogens is 366 g/mol. The van der Waals surface area contributed by atoms with Gasteiger partial charge in [-0.1, -0.05) is 0 Å². The number of carbonyl (C=O) groups is 1. The van der Waals surface area contributed by atoms with E-state index >= 15 is 0 Å². The van der Waals surface area contributed by atoms with Crippen molar-refractivity contribution in [2.75, 3.05) is 37.6 Å². The predicted molar refractivity (Wildman–Crippen MR) is 110 cm³/mol. The van der Waals surface area contributed by atoms with Gasteiger partial charge in [0.2, 0.25) is 0 Å². The van der Waals surface area contributed by atoms with Gasteiger partial charge >= 0.3 is 0 Å². The Morgan fingerprint density at radius 3 is 2.69 bits per heavy atom. The molecule has 5 heterocycles. The Balaban J connectivity index is 1.28. The van der Waals surface area contributed by atoms with Crippen molar-refractivity contribution >= 4 is 11.7 Å². The van der Waals surface area contributed by atoms with Crippen molar-refractivity contribution in [2.45, 2.75) is 51.1 Å². The normalized spacial score (nSPS) is 20.6. The molecule has 2 fully saturated rings. The number of rotatable bonds is 3. The van der Waals surface area contributed by atoms with Crippen LogP contribution in [0.25, 0.3) is 0 Å². The maximum atomic E-state index is 13.3. The molecule has 5 rings (SSSR count). The molecule has 0 aromatic carbocycles. The molecule has 2 aromatic rings. The maximum Gasteiger partial charge on any atom is 0.257 e. The SMILES string of the molecule is O=C(c1cccnc1N1CCCCC1)N1CCC(c2nnc3n2CCNC3)CC1. The third-order valence-corrected chi connectivity index (χ3v) is 6.47. The highest BCUT2D eigenvalue weighted by atomic mass is 16.2. The summed E-state index contributed by atoms with van der Waals surface area (Å²) in [5.41, 5.74) is 0.749. The number of pyridine rings is 1. The summed E-state index contributed by atoms with van der Waals surface area (Å²) in [6.45, 7) is 6.21. The number of hydrogen-bond donors (Lipinski definition) is 1. The standard InChI is InChI=1S/C21H29N7O/c29-21(17-5-4-8-23-20(17)26-10-2-1-3-11-26)27-12-6-16(7-13-27)19-25-24-18-15-22-9-14-28(18)19/h4-5,8,16,22H,1-3,6-7,9-15H2. The van der Waals surface area contributed by atoms with Gasteiger partial charge in [-0.05, 0) is 44.2 Å². The molecule has 3 aliphatic rings. The fraction of sp³-hybridized carbons (Fsp3) is 0.619. The average molecular weight is 396 g/mol. The maximum absolute atomic E-state index is 13.3. The Morgan fingerprint density at radius 2 is 1.86 bits per heavy atom. The molecule has 29 heavy (non-hydrogen) atoms. The molecule has 0 spiro atoms. The minimum atomic E-state index is 0.115. The molecule has 0 bridgehead atoms. The van der Waals surface area contributed by atoms with Crippen LogP contribution in [-0.4, -0.2) is 63.3 Å². The highest BCUT2D eigenvalue weighted by molar-refractivity contribution is 5.99. The highest BCUT2D eigenvalue weighted by Gasteiger charge is 2.30. The number of hydrogen-bond acceptors (Lipinski definition) is 6. The fourth-order valence-electron chi connectivity index (χ4n) is 4.85. The molecule has 0 saturated carbocycles. The van der Waals surface area contributed by atoms with E-state index in [9.17, 15) is 4.79 Å². The monoisotopic (exact) mass is 395 g/mol. The van der Waals surface area contributed by atoms with Gasteiger partial charge in [-0.15, -0.1) is 10.2 Å². The summed E-state index contributed by atoms with van der Waals surface area (Å²) in [4.78, 5) is 22.2. The molecule has 8 nitrogen and oxygen atoms in total. The molecule has 0 unspecified atom stereocenters. The number of nitrogens with one attached hydrogen (secondary N) is 1. The minimum absolute atomic E-state index is 0.115. The van der Waals surface area contributed by atoms with E-state index in [1.54, 1.807) is 6.20 Å². The van der Waals surface area contributed by atoms with E-state index in [0.29, 0.717) is 5.92 Å². The lowest BCUT2D eigenvalue weighted by Gasteiger charge is -2.34. The lowest BCUT2D eigenvalue weighted by molar-refractivity contribution is 0.0710. The molecule has 0 radical (unpaired) electrons. The van der Waals surface area contributed by atoms with E-state index in [4.69, 9.17) is 0 Å². The molecule has 2 saturated heterocycles. The van der Waals surface area contributed by atoms with Crippen LogP contribution in [0, 0.1) is 0 Å². The van der Waals surface area contributed by atoms with Crippen LogP contribution in [0.5, 0.6) is 0 Å². The van der Waals surface area contributed by atoms with Gasteiger partial charge in [0, 0.05) is 51.4 Å². The second kappa shape index (κ2) is 8.10. The number of fused-ring (bicyclic) bond motifs is 1. The summed E-state index contributed by atoms with van der Waals surface area (Å²) in [5.74, 6) is 3.49. The predicted octanol–water partition coefficient (Wildman–Crippen LogP) is 1.79. The molecule has 8 heteroatoms. The second-order valence-electron chi connectivity index (χ2n) is 8.29. The van der Waals surface area contributed by atoms with Crippen LogP contribution >= 0.6 is 0 Å². The van der Waals surface area contributed by atoms with Crippen LogP contribution in [-0.2, 0) is 13.1 Å². The highest BCUT2D eigenvalue weighted by Crippen LogP contribution is 2.30. The quantitative estimate of drug-likeness (QED) is 0.854. The molecule has 0 atom stereocenters. The third kappa shape index (κ3) is 3.61. The van der Waals surface area contributed by atoms with Crippen LogP contribution in [0.4, 0.5) is 5.82 Å². The zero-order chi connectivity index (χ0) is 19.6. The van der Waals surface area contributed by atoms with Crippen molar-refractivity contribution in [1.29, 1.82) is 0 Å². The minimum Gasteiger partial charge on any atom is -0.356 e. The molecule has 2 aromatic heterocycles. The number of likely N-dealkylation sites (tertiary alicyclic amines) is 1. The Kier molecular flexibility index (Phi) is 5.18. The van der Waals surface area contributed by atoms with Crippen LogP contribution in [0.1, 0.15) is 60.0 Å². The van der Waals surface area contributed by atoms with Crippen molar-refractivity contribution in [3.05, 3.63) is 35.5 Å². The first-order chi connectivity index (χ1) is 14.3. The zero-order valence-corrected chi connectivity index (χ0v) is 16.9. The number of nitrogens with zero attached hydrogens (tertiary/aromatic N) is 6. The van der Waals surface area contributed by atoms with E-state index in [1.165, 1.54) is 19.3 Å². The third-order valence-electron chi connectivity index (χ3n) is 6.47. The number of amides is 1. The Hall–Kier alpha value is -2.48. The van der Waals surface area contributed by atoms with Crippen molar-refractivity contribution in [2.24, 2.45) is 0 Å². The van der Waals surface area contributed by atoms with E-state index in [0.717, 1.165) is 81.7 Å². The van der Waals surface area contributed by atoms with Gasteiger partial charge in [0.05, 0.1) is 12.1 Å². The van der Waals surface area contributed by atoms with Gasteiger partial charge in [0.25, 0.3) is 5.91 Å². The number of anilines is 1. The first-order valence-corrected chi connectivity index (χ1v) is 10.9. The summed E-state index contributed by atoms with van der Waals surface area (Å²) in [6.07, 6.45) is 7.30. The van der Waals surface area contributed by atoms with Gasteiger partial charge in [-0.3, -0.25) is 4.79 Å². The molecular formula is C21H29N7O. The summed E-state index contributed by atoms with van der Waals surface area (Å²) in [7, 11) is 0. The topological polar surface area (TPSA) is 79.2 Å². The summed E-state index contributed by atoms with van der Waals surface area (Å²) < 4.78 is 2.27. The van der Waals surface area contributed by atoms with Crippen molar-refractivity contribution in [3.63, 3.8) is 0 Å². The summed E-state index contributed by atoms with van der Waals surface area (Å²) >= 11 is 0. The van der Waals surface area contributed by atoms with Crippen molar-refractivity contribution < 1.29 is 4.79 Å². The largest absolute Gasteiger partial charge is 0.356 e. The second-order valence-corrected chi connectivity index (χ2v) is 8.29. The fourth-order valence-corrected chi connectivity index (χ4v) is 4.85. The number of piperidine rings is 2. The van der Waals surface area contributed by atoms with E-state index in [2.05, 4.69) is 30.0 Å². The van der Waals surface area contributed by atoms with Gasteiger partial charge < -0.3 is 19.7 Å². The first-order valence-electron chi connectivity index (χ1n) is 10.9. The molecule has 0 aliphatic carbocycles. The van der Waals surface area contributed by atoms with E-state index in [-0.39, 0.29) is 5.91 Å². The summed E-state index contributed by atoms with van der Waals surface area (Å²) in [6, 6.07) is 3.82. The van der Waals surface area contributed by atoms with Crippen LogP contribution in [0.3, 0.4) is 0 Å². The van der Waals surface area contributed by atoms with Gasteiger partial charge in [0.1, 0.15) is 17.5 Å². The Labute approximate surface area is 171 Å². The lowest BCUT2D eigenvalue weighted by atomic mass is 9.95. The molecule has 1 N–H and O–H groups in total. The number of aromatic nitrogens is 4. The first kappa shape index (κ1) is 18.5. The van der Waals surface area contributed by atoms with Gasteiger partial charge in [-0.25, -0.2) is 4.98 Å². The zero-order valence-electron chi connectivity index (χ0n) is 16.9. The summed E-state index contributed by atoms with van der Waals surface area (Å²) in [5, 5.41) is 12.2. The Bertz CT molecular complexity index is 866.